The number of halogens is 1. The van der Waals surface area contributed by atoms with Gasteiger partial charge >= 0.3 is 0 Å². The maximum atomic E-state index is 14.4. The van der Waals surface area contributed by atoms with Gasteiger partial charge in [-0.3, -0.25) is 9.59 Å². The third-order valence-electron chi connectivity index (χ3n) is 5.06. The fourth-order valence-corrected chi connectivity index (χ4v) is 4.35. The Labute approximate surface area is 198 Å². The van der Waals surface area contributed by atoms with E-state index in [0.717, 1.165) is 5.56 Å². The number of aromatic nitrogens is 3. The van der Waals surface area contributed by atoms with Gasteiger partial charge in [-0.15, -0.1) is 10.2 Å². The summed E-state index contributed by atoms with van der Waals surface area (Å²) in [6, 6.07) is 13.9. The van der Waals surface area contributed by atoms with Crippen molar-refractivity contribution in [2.24, 2.45) is 5.92 Å². The van der Waals surface area contributed by atoms with Crippen molar-refractivity contribution in [1.82, 2.24) is 20.1 Å². The Kier molecular flexibility index (Phi) is 8.38. The van der Waals surface area contributed by atoms with Crippen molar-refractivity contribution in [3.8, 4) is 11.4 Å². The summed E-state index contributed by atoms with van der Waals surface area (Å²) in [5, 5.41) is 11.5. The minimum Gasteiger partial charge on any atom is -0.356 e. The van der Waals surface area contributed by atoms with Crippen LogP contribution in [0, 0.1) is 11.7 Å². The Bertz CT molecular complexity index is 1110. The molecule has 0 saturated carbocycles. The van der Waals surface area contributed by atoms with Crippen molar-refractivity contribution in [3.63, 3.8) is 0 Å². The van der Waals surface area contributed by atoms with Gasteiger partial charge in [0.1, 0.15) is 5.82 Å². The lowest BCUT2D eigenvalue weighted by atomic mass is 10.0. The molecule has 33 heavy (non-hydrogen) atoms. The number of nitrogens with zero attached hydrogens (tertiary/aromatic N) is 3. The zero-order valence-electron chi connectivity index (χ0n) is 19.3. The Hall–Kier alpha value is -3.00. The molecular weight excluding hydrogens is 439 g/mol. The lowest BCUT2D eigenvalue weighted by molar-refractivity contribution is -0.118. The molecule has 1 amide bonds. The smallest absolute Gasteiger partial charge is 0.216 e. The number of benzene rings is 2. The molecule has 0 saturated heterocycles. The molecule has 0 spiro atoms. The van der Waals surface area contributed by atoms with E-state index in [-0.39, 0.29) is 22.8 Å². The van der Waals surface area contributed by atoms with Crippen molar-refractivity contribution in [3.05, 3.63) is 65.5 Å². The van der Waals surface area contributed by atoms with E-state index in [1.165, 1.54) is 24.8 Å². The molecule has 0 aliphatic carbocycles. The molecule has 2 aromatic carbocycles. The third-order valence-corrected chi connectivity index (χ3v) is 6.14. The molecule has 3 rings (SSSR count). The molecule has 174 valence electrons. The summed E-state index contributed by atoms with van der Waals surface area (Å²) in [6.45, 7) is 8.65. The van der Waals surface area contributed by atoms with Gasteiger partial charge in [0.15, 0.2) is 16.8 Å². The molecule has 1 heterocycles. The Morgan fingerprint density at radius 2 is 1.76 bits per heavy atom. The highest BCUT2D eigenvalue weighted by Crippen LogP contribution is 2.30. The van der Waals surface area contributed by atoms with E-state index >= 15 is 0 Å². The summed E-state index contributed by atoms with van der Waals surface area (Å²) in [6.07, 6.45) is 0.704. The van der Waals surface area contributed by atoms with Gasteiger partial charge in [-0.05, 0) is 37.0 Å². The maximum Gasteiger partial charge on any atom is 0.216 e. The van der Waals surface area contributed by atoms with Crippen LogP contribution in [-0.2, 0) is 17.8 Å². The molecule has 1 atom stereocenters. The first-order valence-corrected chi connectivity index (χ1v) is 11.9. The van der Waals surface area contributed by atoms with Crippen LogP contribution < -0.4 is 5.32 Å². The highest BCUT2D eigenvalue weighted by molar-refractivity contribution is 8.00. The fourth-order valence-electron chi connectivity index (χ4n) is 3.41. The van der Waals surface area contributed by atoms with Crippen LogP contribution in [0.5, 0.6) is 0 Å². The van der Waals surface area contributed by atoms with Gasteiger partial charge in [0, 0.05) is 25.6 Å². The van der Waals surface area contributed by atoms with Gasteiger partial charge in [-0.2, -0.15) is 0 Å². The van der Waals surface area contributed by atoms with Gasteiger partial charge in [-0.25, -0.2) is 4.39 Å². The van der Waals surface area contributed by atoms with E-state index in [9.17, 15) is 14.0 Å². The number of hydrogen-bond acceptors (Lipinski definition) is 5. The number of Topliss-reactive ketones (excluding diaryl/α,β-unsaturated/α-hetero) is 1. The van der Waals surface area contributed by atoms with E-state index in [4.69, 9.17) is 0 Å². The van der Waals surface area contributed by atoms with Crippen LogP contribution in [0.15, 0.2) is 53.7 Å². The number of rotatable bonds is 10. The summed E-state index contributed by atoms with van der Waals surface area (Å²) in [5.41, 5.74) is 2.06. The summed E-state index contributed by atoms with van der Waals surface area (Å²) in [7, 11) is 0. The predicted octanol–water partition coefficient (Wildman–Crippen LogP) is 4.78. The van der Waals surface area contributed by atoms with E-state index in [2.05, 4.69) is 29.4 Å². The first kappa shape index (κ1) is 24.6. The quantitative estimate of drug-likeness (QED) is 0.342. The Morgan fingerprint density at radius 3 is 2.39 bits per heavy atom. The largest absolute Gasteiger partial charge is 0.356 e. The predicted molar refractivity (Wildman–Crippen MR) is 129 cm³/mol. The minimum atomic E-state index is -0.390. The number of ketones is 1. The standard InChI is InChI=1S/C25H29FN4O2S/c1-16(2)15-30-24(21-7-5-6-8-22(21)26)28-29-25(30)33-17(3)23(32)20-11-9-19(10-12-20)13-14-27-18(4)31/h5-12,16-17H,13-15H2,1-4H3,(H,27,31). The number of nitrogens with one attached hydrogen (secondary N) is 1. The second-order valence-electron chi connectivity index (χ2n) is 8.34. The van der Waals surface area contributed by atoms with E-state index in [1.807, 2.05) is 35.8 Å². The second kappa shape index (κ2) is 11.2. The molecule has 0 aliphatic rings. The van der Waals surface area contributed by atoms with Crippen LogP contribution in [0.25, 0.3) is 11.4 Å². The lowest BCUT2D eigenvalue weighted by Gasteiger charge is -2.15. The average molecular weight is 469 g/mol. The summed E-state index contributed by atoms with van der Waals surface area (Å²) >= 11 is 1.33. The van der Waals surface area contributed by atoms with Crippen LogP contribution in [-0.4, -0.2) is 38.2 Å². The highest BCUT2D eigenvalue weighted by Gasteiger charge is 2.23. The number of hydrogen-bond donors (Lipinski definition) is 1. The second-order valence-corrected chi connectivity index (χ2v) is 9.65. The van der Waals surface area contributed by atoms with Crippen LogP contribution in [0.1, 0.15) is 43.6 Å². The Balaban J connectivity index is 1.75. The molecule has 6 nitrogen and oxygen atoms in total. The van der Waals surface area contributed by atoms with E-state index in [1.54, 1.807) is 18.2 Å². The monoisotopic (exact) mass is 468 g/mol. The summed E-state index contributed by atoms with van der Waals surface area (Å²) < 4.78 is 16.3. The number of thioether (sulfide) groups is 1. The number of carbonyl (C=O) groups is 2. The molecule has 0 aliphatic heterocycles. The van der Waals surface area contributed by atoms with Crippen LogP contribution >= 0.6 is 11.8 Å². The Morgan fingerprint density at radius 1 is 1.06 bits per heavy atom. The molecule has 1 aromatic heterocycles. The topological polar surface area (TPSA) is 76.9 Å². The third kappa shape index (κ3) is 6.51. The number of carbonyl (C=O) groups excluding carboxylic acids is 2. The molecule has 1 N–H and O–H groups in total. The van der Waals surface area contributed by atoms with Gasteiger partial charge in [0.25, 0.3) is 0 Å². The van der Waals surface area contributed by atoms with Crippen molar-refractivity contribution in [2.45, 2.75) is 51.1 Å². The molecular formula is C25H29FN4O2S. The van der Waals surface area contributed by atoms with Gasteiger partial charge < -0.3 is 9.88 Å². The molecule has 0 fully saturated rings. The van der Waals surface area contributed by atoms with Gasteiger partial charge in [0.05, 0.1) is 10.8 Å². The highest BCUT2D eigenvalue weighted by atomic mass is 32.2. The SMILES string of the molecule is CC(=O)NCCc1ccc(C(=O)C(C)Sc2nnc(-c3ccccc3F)n2CC(C)C)cc1. The molecule has 1 unspecified atom stereocenters. The van der Waals surface area contributed by atoms with Crippen LogP contribution in [0.4, 0.5) is 4.39 Å². The van der Waals surface area contributed by atoms with E-state index < -0.39 is 0 Å². The summed E-state index contributed by atoms with van der Waals surface area (Å²) in [4.78, 5) is 24.0. The zero-order valence-corrected chi connectivity index (χ0v) is 20.2. The van der Waals surface area contributed by atoms with Crippen molar-refractivity contribution in [2.75, 3.05) is 6.54 Å². The fraction of sp³-hybridized carbons (Fsp3) is 0.360. The number of amides is 1. The molecule has 8 heteroatoms. The normalized spacial score (nSPS) is 12.1. The maximum absolute atomic E-state index is 14.4. The summed E-state index contributed by atoms with van der Waals surface area (Å²) in [5.74, 6) is 0.333. The molecule has 0 bridgehead atoms. The molecule has 0 radical (unpaired) electrons. The zero-order chi connectivity index (χ0) is 24.0. The van der Waals surface area contributed by atoms with Crippen molar-refractivity contribution in [1.29, 1.82) is 0 Å². The van der Waals surface area contributed by atoms with Gasteiger partial charge in [-0.1, -0.05) is 62.0 Å². The van der Waals surface area contributed by atoms with Crippen LogP contribution in [0.3, 0.4) is 0 Å². The first-order chi connectivity index (χ1) is 15.8. The van der Waals surface area contributed by atoms with E-state index in [0.29, 0.717) is 47.5 Å². The molecule has 3 aromatic rings. The van der Waals surface area contributed by atoms with Crippen LogP contribution in [0.2, 0.25) is 0 Å². The van der Waals surface area contributed by atoms with Crippen molar-refractivity contribution >= 4 is 23.5 Å². The minimum absolute atomic E-state index is 0.0139. The van der Waals surface area contributed by atoms with Crippen molar-refractivity contribution < 1.29 is 14.0 Å². The first-order valence-electron chi connectivity index (χ1n) is 11.0. The average Bonchev–Trinajstić information content (AvgIpc) is 3.15. The lowest BCUT2D eigenvalue weighted by Crippen LogP contribution is -2.22. The van der Waals surface area contributed by atoms with Gasteiger partial charge in [0.2, 0.25) is 5.91 Å².